The van der Waals surface area contributed by atoms with Crippen LogP contribution in [0.2, 0.25) is 10.0 Å². The predicted octanol–water partition coefficient (Wildman–Crippen LogP) is 4.14. The molecule has 5 nitrogen and oxygen atoms in total. The second-order valence-electron chi connectivity index (χ2n) is 6.57. The lowest BCUT2D eigenvalue weighted by atomic mass is 10.2. The van der Waals surface area contributed by atoms with E-state index in [0.717, 1.165) is 12.2 Å². The third kappa shape index (κ3) is 5.40. The van der Waals surface area contributed by atoms with Crippen LogP contribution in [0.4, 0.5) is 0 Å². The summed E-state index contributed by atoms with van der Waals surface area (Å²) in [6.07, 6.45) is 1.05. The number of para-hydroxylation sites is 1. The molecule has 1 aliphatic rings. The van der Waals surface area contributed by atoms with E-state index in [9.17, 15) is 9.59 Å². The van der Waals surface area contributed by atoms with Gasteiger partial charge >= 0.3 is 0 Å². The molecule has 0 aliphatic carbocycles. The van der Waals surface area contributed by atoms with Gasteiger partial charge in [0.25, 0.3) is 5.91 Å². The maximum atomic E-state index is 12.7. The number of ether oxygens (including phenoxy) is 1. The summed E-state index contributed by atoms with van der Waals surface area (Å²) in [6, 6.07) is 14.3. The van der Waals surface area contributed by atoms with Gasteiger partial charge in [-0.2, -0.15) is 0 Å². The molecule has 1 aliphatic heterocycles. The molecule has 1 saturated heterocycles. The van der Waals surface area contributed by atoms with E-state index in [2.05, 4.69) is 0 Å². The highest BCUT2D eigenvalue weighted by Gasteiger charge is 2.23. The van der Waals surface area contributed by atoms with Crippen LogP contribution in [-0.2, 0) is 4.79 Å². The van der Waals surface area contributed by atoms with Crippen LogP contribution in [-0.4, -0.2) is 54.4 Å². The molecule has 0 spiro atoms. The van der Waals surface area contributed by atoms with Crippen molar-refractivity contribution in [3.63, 3.8) is 0 Å². The quantitative estimate of drug-likeness (QED) is 0.730. The largest absolute Gasteiger partial charge is 0.493 e. The average Bonchev–Trinajstić information content (AvgIpc) is 2.96. The number of rotatable bonds is 5. The molecule has 2 aromatic rings. The van der Waals surface area contributed by atoms with Crippen molar-refractivity contribution in [1.82, 2.24) is 9.80 Å². The minimum absolute atomic E-state index is 0.0415. The van der Waals surface area contributed by atoms with E-state index < -0.39 is 0 Å². The zero-order chi connectivity index (χ0) is 19.9. The lowest BCUT2D eigenvalue weighted by Crippen LogP contribution is -2.37. The van der Waals surface area contributed by atoms with E-state index in [0.29, 0.717) is 54.8 Å². The smallest absolute Gasteiger partial charge is 0.253 e. The molecule has 2 amide bonds. The van der Waals surface area contributed by atoms with Gasteiger partial charge in [-0.05, 0) is 36.8 Å². The maximum absolute atomic E-state index is 12.7. The van der Waals surface area contributed by atoms with Crippen molar-refractivity contribution in [2.45, 2.75) is 12.8 Å². The van der Waals surface area contributed by atoms with Gasteiger partial charge < -0.3 is 14.5 Å². The molecule has 3 rings (SSSR count). The topological polar surface area (TPSA) is 49.9 Å². The van der Waals surface area contributed by atoms with Crippen molar-refractivity contribution in [1.29, 1.82) is 0 Å². The number of nitrogens with zero attached hydrogens (tertiary/aromatic N) is 2. The van der Waals surface area contributed by atoms with Gasteiger partial charge in [0.15, 0.2) is 0 Å². The normalized spacial score (nSPS) is 14.5. The van der Waals surface area contributed by atoms with Crippen LogP contribution >= 0.6 is 23.2 Å². The maximum Gasteiger partial charge on any atom is 0.253 e. The van der Waals surface area contributed by atoms with E-state index in [4.69, 9.17) is 27.9 Å². The van der Waals surface area contributed by atoms with Crippen LogP contribution in [0.25, 0.3) is 0 Å². The SMILES string of the molecule is O=C(CCOc1ccccc1)N1CCCN(C(=O)c2ccc(Cl)c(Cl)c2)CC1. The number of halogens is 2. The van der Waals surface area contributed by atoms with Crippen LogP contribution in [0.1, 0.15) is 23.2 Å². The summed E-state index contributed by atoms with van der Waals surface area (Å²) in [7, 11) is 0. The van der Waals surface area contributed by atoms with Crippen LogP contribution in [0, 0.1) is 0 Å². The molecule has 1 fully saturated rings. The molecule has 148 valence electrons. The van der Waals surface area contributed by atoms with E-state index in [1.54, 1.807) is 28.0 Å². The third-order valence-electron chi connectivity index (χ3n) is 4.63. The van der Waals surface area contributed by atoms with Crippen molar-refractivity contribution in [3.05, 3.63) is 64.1 Å². The Morgan fingerprint density at radius 1 is 0.893 bits per heavy atom. The molecular weight excluding hydrogens is 399 g/mol. The van der Waals surface area contributed by atoms with Gasteiger partial charge in [-0.3, -0.25) is 9.59 Å². The summed E-state index contributed by atoms with van der Waals surface area (Å²) in [5.74, 6) is 0.699. The van der Waals surface area contributed by atoms with E-state index in [1.165, 1.54) is 0 Å². The zero-order valence-electron chi connectivity index (χ0n) is 15.4. The summed E-state index contributed by atoms with van der Waals surface area (Å²) < 4.78 is 5.60. The standard InChI is InChI=1S/C21H22Cl2N2O3/c22-18-8-7-16(15-19(18)23)21(27)25-11-4-10-24(12-13-25)20(26)9-14-28-17-5-2-1-3-6-17/h1-3,5-8,15H,4,9-14H2. The van der Waals surface area contributed by atoms with E-state index in [1.807, 2.05) is 30.3 Å². The Kier molecular flexibility index (Phi) is 7.18. The number of hydrogen-bond acceptors (Lipinski definition) is 3. The first-order chi connectivity index (χ1) is 13.5. The highest BCUT2D eigenvalue weighted by molar-refractivity contribution is 6.42. The van der Waals surface area contributed by atoms with Crippen LogP contribution in [0.15, 0.2) is 48.5 Å². The fraction of sp³-hybridized carbons (Fsp3) is 0.333. The Hall–Kier alpha value is -2.24. The van der Waals surface area contributed by atoms with Gasteiger partial charge in [-0.1, -0.05) is 41.4 Å². The summed E-state index contributed by atoms with van der Waals surface area (Å²) in [4.78, 5) is 28.8. The molecule has 7 heteroatoms. The third-order valence-corrected chi connectivity index (χ3v) is 5.37. The molecule has 0 radical (unpaired) electrons. The van der Waals surface area contributed by atoms with Crippen molar-refractivity contribution in [2.75, 3.05) is 32.8 Å². The highest BCUT2D eigenvalue weighted by Crippen LogP contribution is 2.23. The molecule has 0 bridgehead atoms. The van der Waals surface area contributed by atoms with E-state index in [-0.39, 0.29) is 11.8 Å². The molecule has 0 atom stereocenters. The number of benzene rings is 2. The second-order valence-corrected chi connectivity index (χ2v) is 7.38. The van der Waals surface area contributed by atoms with Gasteiger partial charge in [-0.15, -0.1) is 0 Å². The Labute approximate surface area is 174 Å². The Morgan fingerprint density at radius 2 is 1.61 bits per heavy atom. The molecule has 2 aromatic carbocycles. The van der Waals surface area contributed by atoms with Crippen molar-refractivity contribution in [3.8, 4) is 5.75 Å². The molecule has 0 saturated carbocycles. The monoisotopic (exact) mass is 420 g/mol. The second kappa shape index (κ2) is 9.80. The number of carbonyl (C=O) groups is 2. The first-order valence-electron chi connectivity index (χ1n) is 9.24. The minimum Gasteiger partial charge on any atom is -0.493 e. The fourth-order valence-corrected chi connectivity index (χ4v) is 3.41. The lowest BCUT2D eigenvalue weighted by molar-refractivity contribution is -0.131. The molecular formula is C21H22Cl2N2O3. The van der Waals surface area contributed by atoms with Crippen LogP contribution < -0.4 is 4.74 Å². The average molecular weight is 421 g/mol. The molecule has 0 N–H and O–H groups in total. The van der Waals surface area contributed by atoms with Crippen LogP contribution in [0.5, 0.6) is 5.75 Å². The zero-order valence-corrected chi connectivity index (χ0v) is 17.0. The van der Waals surface area contributed by atoms with Crippen molar-refractivity contribution in [2.24, 2.45) is 0 Å². The van der Waals surface area contributed by atoms with Gasteiger partial charge in [0.05, 0.1) is 23.1 Å². The lowest BCUT2D eigenvalue weighted by Gasteiger charge is -2.22. The van der Waals surface area contributed by atoms with Crippen molar-refractivity contribution < 1.29 is 14.3 Å². The Morgan fingerprint density at radius 3 is 2.36 bits per heavy atom. The molecule has 28 heavy (non-hydrogen) atoms. The first-order valence-corrected chi connectivity index (χ1v) is 10.00. The Balaban J connectivity index is 1.50. The van der Waals surface area contributed by atoms with E-state index >= 15 is 0 Å². The molecule has 0 aromatic heterocycles. The number of carbonyl (C=O) groups excluding carboxylic acids is 2. The fourth-order valence-electron chi connectivity index (χ4n) is 3.11. The highest BCUT2D eigenvalue weighted by atomic mass is 35.5. The van der Waals surface area contributed by atoms with Gasteiger partial charge in [-0.25, -0.2) is 0 Å². The minimum atomic E-state index is -0.0970. The summed E-state index contributed by atoms with van der Waals surface area (Å²) in [5, 5.41) is 0.779. The Bertz CT molecular complexity index is 830. The summed E-state index contributed by atoms with van der Waals surface area (Å²) in [6.45, 7) is 2.57. The predicted molar refractivity (Wildman–Crippen MR) is 110 cm³/mol. The number of hydrogen-bond donors (Lipinski definition) is 0. The summed E-state index contributed by atoms with van der Waals surface area (Å²) in [5.41, 5.74) is 0.505. The molecule has 1 heterocycles. The first kappa shape index (κ1) is 20.5. The number of amides is 2. The van der Waals surface area contributed by atoms with Crippen molar-refractivity contribution >= 4 is 35.0 Å². The summed E-state index contributed by atoms with van der Waals surface area (Å²) >= 11 is 11.9. The van der Waals surface area contributed by atoms with Gasteiger partial charge in [0.1, 0.15) is 5.75 Å². The van der Waals surface area contributed by atoms with Gasteiger partial charge in [0, 0.05) is 31.7 Å². The van der Waals surface area contributed by atoms with Gasteiger partial charge in [0.2, 0.25) is 5.91 Å². The van der Waals surface area contributed by atoms with Crippen LogP contribution in [0.3, 0.4) is 0 Å². The molecule has 0 unspecified atom stereocenters.